The summed E-state index contributed by atoms with van der Waals surface area (Å²) in [4.78, 5) is 4.25. The molecule has 0 atom stereocenters. The van der Waals surface area contributed by atoms with Crippen molar-refractivity contribution in [3.05, 3.63) is 108 Å². The molecule has 0 saturated carbocycles. The molecule has 224 valence electrons. The van der Waals surface area contributed by atoms with Crippen molar-refractivity contribution < 1.29 is 18.8 Å². The maximum absolute atomic E-state index is 6.41. The molecule has 0 N–H and O–H groups in total. The van der Waals surface area contributed by atoms with Gasteiger partial charge in [0.15, 0.2) is 0 Å². The van der Waals surface area contributed by atoms with E-state index in [1.165, 1.54) is 5.56 Å². The van der Waals surface area contributed by atoms with Crippen molar-refractivity contribution in [3.8, 4) is 17.2 Å². The van der Waals surface area contributed by atoms with Gasteiger partial charge >= 0.3 is 13.8 Å². The molecule has 0 fully saturated rings. The molecule has 0 amide bonds. The topological polar surface area (TPSA) is 43.4 Å². The minimum absolute atomic E-state index is 0.0476. The van der Waals surface area contributed by atoms with Crippen LogP contribution in [0.4, 0.5) is 0 Å². The highest BCUT2D eigenvalue weighted by Crippen LogP contribution is 2.21. The van der Waals surface area contributed by atoms with Gasteiger partial charge in [0.1, 0.15) is 23.9 Å². The lowest BCUT2D eigenvalue weighted by atomic mass is 9.55. The van der Waals surface area contributed by atoms with Crippen molar-refractivity contribution in [3.63, 3.8) is 0 Å². The zero-order valence-electron chi connectivity index (χ0n) is 26.5. The summed E-state index contributed by atoms with van der Waals surface area (Å²) in [7, 11) is 8.21. The zero-order chi connectivity index (χ0) is 30.6. The summed E-state index contributed by atoms with van der Waals surface area (Å²) in [5, 5.41) is 0. The fourth-order valence-electron chi connectivity index (χ4n) is 4.49. The predicted molar refractivity (Wildman–Crippen MR) is 180 cm³/mol. The van der Waals surface area contributed by atoms with Gasteiger partial charge in [0.2, 0.25) is 0 Å². The van der Waals surface area contributed by atoms with Crippen LogP contribution in [0.15, 0.2) is 97.1 Å². The Balaban J connectivity index is 1.37. The van der Waals surface area contributed by atoms with Gasteiger partial charge in [-0.15, -0.1) is 0 Å². The van der Waals surface area contributed by atoms with E-state index in [0.29, 0.717) is 19.8 Å². The van der Waals surface area contributed by atoms with Crippen LogP contribution in [0.2, 0.25) is 6.82 Å². The summed E-state index contributed by atoms with van der Waals surface area (Å²) in [6.45, 7) is 7.59. The lowest BCUT2D eigenvalue weighted by Crippen LogP contribution is -2.46. The van der Waals surface area contributed by atoms with Gasteiger partial charge in [0.05, 0.1) is 0 Å². The zero-order valence-corrected chi connectivity index (χ0v) is 26.5. The first-order valence-electron chi connectivity index (χ1n) is 15.0. The maximum atomic E-state index is 6.41. The molecule has 0 aliphatic heterocycles. The van der Waals surface area contributed by atoms with E-state index in [1.54, 1.807) is 0 Å². The van der Waals surface area contributed by atoms with Crippen LogP contribution < -0.4 is 25.9 Å². The third-order valence-electron chi connectivity index (χ3n) is 7.21. The highest BCUT2D eigenvalue weighted by Gasteiger charge is 2.22. The molecular weight excluding hydrogens is 534 g/mol. The van der Waals surface area contributed by atoms with Crippen molar-refractivity contribution in [2.24, 2.45) is 0 Å². The van der Waals surface area contributed by atoms with Gasteiger partial charge < -0.3 is 28.6 Å². The second-order valence-corrected chi connectivity index (χ2v) is 11.5. The molecule has 0 aliphatic carbocycles. The number of nitrogens with zero attached hydrogens (tertiary/aromatic N) is 2. The van der Waals surface area contributed by atoms with Crippen molar-refractivity contribution in [2.45, 2.75) is 20.4 Å². The average molecular weight is 578 g/mol. The molecule has 0 radical (unpaired) electrons. The van der Waals surface area contributed by atoms with Crippen molar-refractivity contribution in [2.75, 3.05) is 54.5 Å². The van der Waals surface area contributed by atoms with E-state index in [0.717, 1.165) is 52.3 Å². The van der Waals surface area contributed by atoms with Gasteiger partial charge in [-0.05, 0) is 93.5 Å². The van der Waals surface area contributed by atoms with Gasteiger partial charge in [-0.2, -0.15) is 0 Å². The Morgan fingerprint density at radius 1 is 0.558 bits per heavy atom. The molecule has 0 aromatic heterocycles. The largest absolute Gasteiger partial charge is 0.489 e. The summed E-state index contributed by atoms with van der Waals surface area (Å²) in [5.74, 6) is 2.46. The Hall–Kier alpha value is -3.55. The monoisotopic (exact) mass is 578 g/mol. The molecule has 8 heteroatoms. The van der Waals surface area contributed by atoms with Gasteiger partial charge in [-0.25, -0.2) is 0 Å². The smallest absolute Gasteiger partial charge is 0.361 e. The Morgan fingerprint density at radius 3 is 1.58 bits per heavy atom. The standard InChI is InChI=1S/C35H44B2N2O4/c1-28-7-17-34(18-8-28)43-35-21-15-32(16-22-35)37(42-26-24-39(5)6)31-11-9-29(10-12-31)27-40-33-19-13-30(14-20-33)36(2)41-25-23-38(3)4/h7-22H,23-27H2,1-6H3. The van der Waals surface area contributed by atoms with Crippen LogP contribution in [0, 0.1) is 6.92 Å². The minimum Gasteiger partial charge on any atom is -0.489 e. The molecule has 0 unspecified atom stereocenters. The molecule has 0 heterocycles. The molecule has 4 aromatic carbocycles. The summed E-state index contributed by atoms with van der Waals surface area (Å²) >= 11 is 0. The van der Waals surface area contributed by atoms with Gasteiger partial charge in [0, 0.05) is 26.3 Å². The van der Waals surface area contributed by atoms with E-state index in [-0.39, 0.29) is 13.8 Å². The molecule has 0 bridgehead atoms. The van der Waals surface area contributed by atoms with E-state index in [9.17, 15) is 0 Å². The van der Waals surface area contributed by atoms with Crippen molar-refractivity contribution in [1.29, 1.82) is 0 Å². The van der Waals surface area contributed by atoms with Crippen LogP contribution in [0.25, 0.3) is 0 Å². The van der Waals surface area contributed by atoms with E-state index < -0.39 is 0 Å². The number of benzene rings is 4. The molecular formula is C35H44B2N2O4. The lowest BCUT2D eigenvalue weighted by Gasteiger charge is -2.18. The molecule has 4 aromatic rings. The van der Waals surface area contributed by atoms with Crippen LogP contribution in [-0.4, -0.2) is 78.1 Å². The predicted octanol–water partition coefficient (Wildman–Crippen LogP) is 4.46. The van der Waals surface area contributed by atoms with E-state index >= 15 is 0 Å². The minimum atomic E-state index is -0.183. The third-order valence-corrected chi connectivity index (χ3v) is 7.21. The van der Waals surface area contributed by atoms with E-state index in [2.05, 4.69) is 86.2 Å². The van der Waals surface area contributed by atoms with Gasteiger partial charge in [-0.1, -0.05) is 73.1 Å². The maximum Gasteiger partial charge on any atom is 0.361 e. The second-order valence-electron chi connectivity index (χ2n) is 11.5. The normalized spacial score (nSPS) is 11.2. The summed E-state index contributed by atoms with van der Waals surface area (Å²) < 4.78 is 24.5. The van der Waals surface area contributed by atoms with Crippen molar-refractivity contribution >= 4 is 30.2 Å². The first-order valence-corrected chi connectivity index (χ1v) is 15.0. The number of aryl methyl sites for hydroxylation is 1. The van der Waals surface area contributed by atoms with Crippen molar-refractivity contribution in [1.82, 2.24) is 9.80 Å². The molecule has 0 aliphatic rings. The Morgan fingerprint density at radius 2 is 1.02 bits per heavy atom. The number of rotatable bonds is 16. The molecule has 0 spiro atoms. The van der Waals surface area contributed by atoms with Crippen LogP contribution >= 0.6 is 0 Å². The highest BCUT2D eigenvalue weighted by atomic mass is 16.5. The quantitative estimate of drug-likeness (QED) is 0.183. The fourth-order valence-corrected chi connectivity index (χ4v) is 4.49. The number of hydrogen-bond acceptors (Lipinski definition) is 6. The van der Waals surface area contributed by atoms with E-state index in [4.69, 9.17) is 18.8 Å². The number of hydrogen-bond donors (Lipinski definition) is 0. The SMILES string of the molecule is CB(OCCN(C)C)c1ccc(OCc2ccc(B(OCCN(C)C)c3ccc(Oc4ccc(C)cc4)cc3)cc2)cc1. The number of likely N-dealkylation sites (N-methyl/N-ethyl adjacent to an activating group) is 2. The summed E-state index contributed by atoms with van der Waals surface area (Å²) in [5.41, 5.74) is 5.63. The molecule has 6 nitrogen and oxygen atoms in total. The van der Waals surface area contributed by atoms with Gasteiger partial charge in [0.25, 0.3) is 0 Å². The number of ether oxygens (including phenoxy) is 2. The Kier molecular flexibility index (Phi) is 12.3. The van der Waals surface area contributed by atoms with Crippen LogP contribution in [0.3, 0.4) is 0 Å². The second kappa shape index (κ2) is 16.3. The molecule has 0 saturated heterocycles. The van der Waals surface area contributed by atoms with Crippen LogP contribution in [0.5, 0.6) is 17.2 Å². The Labute approximate surface area is 258 Å². The summed E-state index contributed by atoms with van der Waals surface area (Å²) in [6.07, 6.45) is 0. The van der Waals surface area contributed by atoms with Crippen LogP contribution in [0.1, 0.15) is 11.1 Å². The first kappa shape index (κ1) is 32.4. The highest BCUT2D eigenvalue weighted by molar-refractivity contribution is 6.80. The first-order chi connectivity index (χ1) is 20.8. The fraction of sp³-hybridized carbons (Fsp3) is 0.314. The summed E-state index contributed by atoms with van der Waals surface area (Å²) in [6, 6.07) is 32.9. The van der Waals surface area contributed by atoms with Gasteiger partial charge in [-0.3, -0.25) is 0 Å². The molecule has 4 rings (SSSR count). The third kappa shape index (κ3) is 10.6. The van der Waals surface area contributed by atoms with Crippen LogP contribution in [-0.2, 0) is 15.9 Å². The molecule has 43 heavy (non-hydrogen) atoms. The Bertz CT molecular complexity index is 1360. The average Bonchev–Trinajstić information content (AvgIpc) is 3.00. The van der Waals surface area contributed by atoms with E-state index in [1.807, 2.05) is 62.6 Å². The lowest BCUT2D eigenvalue weighted by molar-refractivity contribution is 0.267.